The van der Waals surface area contributed by atoms with E-state index in [-0.39, 0.29) is 0 Å². The van der Waals surface area contributed by atoms with E-state index < -0.39 is 56.9 Å². The van der Waals surface area contributed by atoms with Crippen LogP contribution in [-0.2, 0) is 21.5 Å². The lowest BCUT2D eigenvalue weighted by molar-refractivity contribution is -0.140. The minimum absolute atomic E-state index is 0.292. The highest BCUT2D eigenvalue weighted by Gasteiger charge is 2.36. The van der Waals surface area contributed by atoms with Crippen molar-refractivity contribution in [1.82, 2.24) is 9.80 Å². The van der Waals surface area contributed by atoms with Crippen LogP contribution in [0.4, 0.5) is 46.5 Å². The van der Waals surface area contributed by atoms with Gasteiger partial charge in [0.1, 0.15) is 11.6 Å². The number of aliphatic hydroxyl groups is 1. The number of rotatable bonds is 6. The molecule has 0 aliphatic carbocycles. The van der Waals surface area contributed by atoms with E-state index in [0.717, 1.165) is 24.3 Å². The fourth-order valence-electron chi connectivity index (χ4n) is 4.89. The van der Waals surface area contributed by atoms with Crippen molar-refractivity contribution in [3.05, 3.63) is 59.2 Å². The summed E-state index contributed by atoms with van der Waals surface area (Å²) in [4.78, 5) is 50.6. The summed E-state index contributed by atoms with van der Waals surface area (Å²) < 4.78 is 123. The molecule has 48 heavy (non-hydrogen) atoms. The number of anilines is 2. The maximum atomic E-state index is 13.6. The fourth-order valence-corrected chi connectivity index (χ4v) is 4.89. The third-order valence-electron chi connectivity index (χ3n) is 6.92. The van der Waals surface area contributed by atoms with E-state index in [2.05, 4.69) is 0 Å². The van der Waals surface area contributed by atoms with Crippen LogP contribution in [0.2, 0.25) is 0 Å². The summed E-state index contributed by atoms with van der Waals surface area (Å²) in [5.41, 5.74) is -2.01. The zero-order valence-electron chi connectivity index (χ0n) is 24.8. The van der Waals surface area contributed by atoms with Crippen molar-refractivity contribution < 1.29 is 78.7 Å². The molecular weight excluding hydrogens is 714 g/mol. The monoisotopic (exact) mass is 748 g/mol. The number of halogens is 8. The van der Waals surface area contributed by atoms with Crippen molar-refractivity contribution in [2.24, 2.45) is 0 Å². The standard InChI is InChI=1S/C25H28F8N4O.2H3O4P/c26-22-3-1-17(13-20(22)24(28,29)30)36-9-5-34(6-10-36)15-19(38)16-35-7-11-37(12-8-35)18-2-4-23(27)21(14-18)25(31,32)33;2*1-5(2,3)4/h1-4,13-14,19,38H,5-12,15-16H2;2*(H3,1,2,3,4). The first kappa shape index (κ1) is 41.7. The van der Waals surface area contributed by atoms with Crippen LogP contribution < -0.4 is 9.80 Å². The molecule has 2 fully saturated rings. The Hall–Kier alpha value is -2.42. The average molecular weight is 748 g/mol. The second-order valence-corrected chi connectivity index (χ2v) is 12.6. The molecule has 2 aromatic carbocycles. The Morgan fingerprint density at radius 3 is 1.10 bits per heavy atom. The number of hydrogen-bond donors (Lipinski definition) is 7. The lowest BCUT2D eigenvalue weighted by Crippen LogP contribution is -2.52. The molecular formula is C25H34F8N4O9P2. The van der Waals surface area contributed by atoms with Crippen LogP contribution in [0.5, 0.6) is 0 Å². The Labute approximate surface area is 268 Å². The van der Waals surface area contributed by atoms with E-state index >= 15 is 0 Å². The van der Waals surface area contributed by atoms with Gasteiger partial charge in [0.2, 0.25) is 0 Å². The lowest BCUT2D eigenvalue weighted by atomic mass is 10.1. The van der Waals surface area contributed by atoms with E-state index in [1.807, 2.05) is 9.80 Å². The molecule has 0 radical (unpaired) electrons. The van der Waals surface area contributed by atoms with Gasteiger partial charge in [-0.1, -0.05) is 0 Å². The number of piperazine rings is 2. The Balaban J connectivity index is 0.000000700. The predicted molar refractivity (Wildman–Crippen MR) is 155 cm³/mol. The topological polar surface area (TPSA) is 189 Å². The summed E-state index contributed by atoms with van der Waals surface area (Å²) in [7, 11) is -9.28. The summed E-state index contributed by atoms with van der Waals surface area (Å²) in [5, 5.41) is 10.6. The van der Waals surface area contributed by atoms with Gasteiger partial charge in [-0.25, -0.2) is 17.9 Å². The fraction of sp³-hybridized carbons (Fsp3) is 0.520. The highest BCUT2D eigenvalue weighted by atomic mass is 31.2. The van der Waals surface area contributed by atoms with Crippen molar-refractivity contribution >= 4 is 27.0 Å². The summed E-state index contributed by atoms with van der Waals surface area (Å²) in [6.07, 6.45) is -10.2. The van der Waals surface area contributed by atoms with Gasteiger partial charge in [-0.15, -0.1) is 0 Å². The van der Waals surface area contributed by atoms with E-state index in [4.69, 9.17) is 38.5 Å². The van der Waals surface area contributed by atoms with Crippen LogP contribution in [0.3, 0.4) is 0 Å². The molecule has 2 saturated heterocycles. The van der Waals surface area contributed by atoms with Crippen LogP contribution >= 0.6 is 15.6 Å². The van der Waals surface area contributed by atoms with Gasteiger partial charge >= 0.3 is 28.0 Å². The number of aliphatic hydroxyl groups excluding tert-OH is 1. The summed E-state index contributed by atoms with van der Waals surface area (Å²) in [5.74, 6) is -2.62. The first-order chi connectivity index (χ1) is 21.8. The molecule has 0 saturated carbocycles. The van der Waals surface area contributed by atoms with Gasteiger partial charge in [0, 0.05) is 76.8 Å². The normalized spacial score (nSPS) is 17.1. The Morgan fingerprint density at radius 2 is 0.854 bits per heavy atom. The summed E-state index contributed by atoms with van der Waals surface area (Å²) in [6, 6.07) is 5.92. The van der Waals surface area contributed by atoms with Crippen LogP contribution in [0.15, 0.2) is 36.4 Å². The summed E-state index contributed by atoms with van der Waals surface area (Å²) in [6.45, 7) is 4.45. The molecule has 7 N–H and O–H groups in total. The Kier molecular flexibility index (Phi) is 14.8. The molecule has 274 valence electrons. The third-order valence-corrected chi connectivity index (χ3v) is 6.92. The zero-order valence-corrected chi connectivity index (χ0v) is 26.6. The maximum Gasteiger partial charge on any atom is 0.466 e. The number of phosphoric acid groups is 2. The van der Waals surface area contributed by atoms with Crippen molar-refractivity contribution in [2.75, 3.05) is 75.2 Å². The highest BCUT2D eigenvalue weighted by Crippen LogP contribution is 2.35. The lowest BCUT2D eigenvalue weighted by Gasteiger charge is -2.39. The van der Waals surface area contributed by atoms with Gasteiger partial charge in [0.05, 0.1) is 17.2 Å². The Morgan fingerprint density at radius 1 is 0.583 bits per heavy atom. The van der Waals surface area contributed by atoms with Crippen LogP contribution in [0, 0.1) is 11.6 Å². The molecule has 4 rings (SSSR count). The molecule has 2 aliphatic heterocycles. The number of benzene rings is 2. The average Bonchev–Trinajstić information content (AvgIpc) is 2.91. The molecule has 0 bridgehead atoms. The van der Waals surface area contributed by atoms with Crippen molar-refractivity contribution in [3.63, 3.8) is 0 Å². The van der Waals surface area contributed by atoms with Crippen molar-refractivity contribution in [2.45, 2.75) is 18.5 Å². The first-order valence-electron chi connectivity index (χ1n) is 13.7. The van der Waals surface area contributed by atoms with Gasteiger partial charge in [0.25, 0.3) is 0 Å². The quantitative estimate of drug-likeness (QED) is 0.169. The molecule has 2 aromatic rings. The van der Waals surface area contributed by atoms with Crippen LogP contribution in [0.25, 0.3) is 0 Å². The second kappa shape index (κ2) is 17.0. The van der Waals surface area contributed by atoms with Gasteiger partial charge in [-0.2, -0.15) is 26.3 Å². The van der Waals surface area contributed by atoms with E-state index in [9.17, 15) is 40.2 Å². The first-order valence-corrected chi connectivity index (χ1v) is 16.9. The minimum Gasteiger partial charge on any atom is -0.390 e. The minimum atomic E-state index is -4.78. The van der Waals surface area contributed by atoms with Gasteiger partial charge < -0.3 is 44.3 Å². The molecule has 0 spiro atoms. The number of alkyl halides is 6. The molecule has 0 atom stereocenters. The smallest absolute Gasteiger partial charge is 0.390 e. The molecule has 0 aromatic heterocycles. The van der Waals surface area contributed by atoms with Gasteiger partial charge in [-0.05, 0) is 36.4 Å². The predicted octanol–water partition coefficient (Wildman–Crippen LogP) is 2.45. The SMILES string of the molecule is O=P(O)(O)O.O=P(O)(O)O.OC(CN1CCN(c2ccc(F)c(C(F)(F)F)c2)CC1)CN1CCN(c2ccc(F)c(C(F)(F)F)c2)CC1. The molecule has 0 amide bonds. The van der Waals surface area contributed by atoms with E-state index in [1.54, 1.807) is 9.80 Å². The zero-order chi connectivity index (χ0) is 36.7. The largest absolute Gasteiger partial charge is 0.466 e. The maximum absolute atomic E-state index is 13.6. The van der Waals surface area contributed by atoms with E-state index in [0.29, 0.717) is 76.8 Å². The number of hydrogen-bond acceptors (Lipinski definition) is 7. The molecule has 13 nitrogen and oxygen atoms in total. The molecule has 0 unspecified atom stereocenters. The van der Waals surface area contributed by atoms with Crippen molar-refractivity contribution in [3.8, 4) is 0 Å². The van der Waals surface area contributed by atoms with Crippen LogP contribution in [0.1, 0.15) is 11.1 Å². The second-order valence-electron chi connectivity index (χ2n) is 10.6. The molecule has 23 heteroatoms. The van der Waals surface area contributed by atoms with Crippen molar-refractivity contribution in [1.29, 1.82) is 0 Å². The summed E-state index contributed by atoms with van der Waals surface area (Å²) >= 11 is 0. The van der Waals surface area contributed by atoms with Gasteiger partial charge in [0.15, 0.2) is 0 Å². The Bertz CT molecular complexity index is 1310. The van der Waals surface area contributed by atoms with Gasteiger partial charge in [-0.3, -0.25) is 9.80 Å². The number of β-amino-alcohol motifs (C(OH)–C–C–N with tert-alkyl or cyclic N) is 1. The number of nitrogens with zero attached hydrogens (tertiary/aromatic N) is 4. The highest BCUT2D eigenvalue weighted by molar-refractivity contribution is 7.45. The van der Waals surface area contributed by atoms with E-state index in [1.165, 1.54) is 12.1 Å². The van der Waals surface area contributed by atoms with Crippen LogP contribution in [-0.4, -0.2) is 116 Å². The third kappa shape index (κ3) is 15.4. The molecule has 2 heterocycles. The molecule has 2 aliphatic rings.